The molecule has 0 spiro atoms. The SMILES string of the molecule is CCCCNC(=O)c1ccc(I)cc1O. The van der Waals surface area contributed by atoms with Crippen molar-refractivity contribution in [1.82, 2.24) is 5.32 Å². The number of phenols is 1. The van der Waals surface area contributed by atoms with Crippen LogP contribution in [0.2, 0.25) is 0 Å². The van der Waals surface area contributed by atoms with E-state index in [9.17, 15) is 9.90 Å². The van der Waals surface area contributed by atoms with Gasteiger partial charge in [-0.2, -0.15) is 0 Å². The molecule has 0 bridgehead atoms. The van der Waals surface area contributed by atoms with Crippen molar-refractivity contribution in [2.24, 2.45) is 0 Å². The number of nitrogens with one attached hydrogen (secondary N) is 1. The van der Waals surface area contributed by atoms with Gasteiger partial charge in [-0.05, 0) is 47.2 Å². The first-order chi connectivity index (χ1) is 7.15. The summed E-state index contributed by atoms with van der Waals surface area (Å²) in [5.41, 5.74) is 0.339. The van der Waals surface area contributed by atoms with Gasteiger partial charge in [-0.1, -0.05) is 13.3 Å². The third-order valence-corrected chi connectivity index (χ3v) is 2.69. The van der Waals surface area contributed by atoms with Crippen LogP contribution in [-0.2, 0) is 0 Å². The second kappa shape index (κ2) is 5.95. The van der Waals surface area contributed by atoms with Crippen molar-refractivity contribution in [2.45, 2.75) is 19.8 Å². The Morgan fingerprint density at radius 1 is 1.53 bits per heavy atom. The summed E-state index contributed by atoms with van der Waals surface area (Å²) in [6.45, 7) is 2.72. The molecule has 1 rings (SSSR count). The molecule has 0 heterocycles. The summed E-state index contributed by atoms with van der Waals surface area (Å²) in [6, 6.07) is 5.02. The highest BCUT2D eigenvalue weighted by Crippen LogP contribution is 2.19. The first kappa shape index (κ1) is 12.3. The van der Waals surface area contributed by atoms with Gasteiger partial charge in [0, 0.05) is 10.1 Å². The van der Waals surface area contributed by atoms with E-state index in [4.69, 9.17) is 0 Å². The molecule has 3 nitrogen and oxygen atoms in total. The van der Waals surface area contributed by atoms with Crippen LogP contribution in [0, 0.1) is 3.57 Å². The van der Waals surface area contributed by atoms with Crippen molar-refractivity contribution in [2.75, 3.05) is 6.54 Å². The van der Waals surface area contributed by atoms with Crippen LogP contribution in [-0.4, -0.2) is 17.6 Å². The highest BCUT2D eigenvalue weighted by atomic mass is 127. The third kappa shape index (κ3) is 3.70. The molecule has 0 unspecified atom stereocenters. The zero-order valence-electron chi connectivity index (χ0n) is 8.59. The molecular weight excluding hydrogens is 305 g/mol. The van der Waals surface area contributed by atoms with Gasteiger partial charge >= 0.3 is 0 Å². The molecule has 4 heteroatoms. The summed E-state index contributed by atoms with van der Waals surface area (Å²) in [5, 5.41) is 12.3. The lowest BCUT2D eigenvalue weighted by Crippen LogP contribution is -2.24. The van der Waals surface area contributed by atoms with Crippen LogP contribution in [0.15, 0.2) is 18.2 Å². The van der Waals surface area contributed by atoms with Gasteiger partial charge in [0.25, 0.3) is 5.91 Å². The van der Waals surface area contributed by atoms with E-state index >= 15 is 0 Å². The van der Waals surface area contributed by atoms with E-state index in [1.54, 1.807) is 18.2 Å². The van der Waals surface area contributed by atoms with E-state index < -0.39 is 0 Å². The molecule has 0 atom stereocenters. The number of unbranched alkanes of at least 4 members (excludes halogenated alkanes) is 1. The molecule has 1 aromatic rings. The second-order valence-electron chi connectivity index (χ2n) is 3.27. The molecule has 2 N–H and O–H groups in total. The van der Waals surface area contributed by atoms with Gasteiger partial charge in [0.1, 0.15) is 5.75 Å². The van der Waals surface area contributed by atoms with Crippen LogP contribution >= 0.6 is 22.6 Å². The first-order valence-corrected chi connectivity index (χ1v) is 5.99. The fourth-order valence-corrected chi connectivity index (χ4v) is 1.65. The summed E-state index contributed by atoms with van der Waals surface area (Å²) in [4.78, 5) is 11.6. The third-order valence-electron chi connectivity index (χ3n) is 2.02. The van der Waals surface area contributed by atoms with Crippen molar-refractivity contribution in [1.29, 1.82) is 0 Å². The van der Waals surface area contributed by atoms with Gasteiger partial charge in [0.15, 0.2) is 0 Å². The molecular formula is C11H14INO2. The van der Waals surface area contributed by atoms with Crippen LogP contribution < -0.4 is 5.32 Å². The van der Waals surface area contributed by atoms with Crippen LogP contribution in [0.3, 0.4) is 0 Å². The summed E-state index contributed by atoms with van der Waals surface area (Å²) >= 11 is 2.09. The number of hydrogen-bond donors (Lipinski definition) is 2. The average molecular weight is 319 g/mol. The maximum absolute atomic E-state index is 11.6. The number of amides is 1. The molecule has 1 amide bonds. The number of halogens is 1. The number of benzene rings is 1. The summed E-state index contributed by atoms with van der Waals surface area (Å²) in [5.74, 6) is -0.173. The van der Waals surface area contributed by atoms with Crippen LogP contribution in [0.25, 0.3) is 0 Å². The first-order valence-electron chi connectivity index (χ1n) is 4.92. The van der Waals surface area contributed by atoms with E-state index in [2.05, 4.69) is 34.8 Å². The summed E-state index contributed by atoms with van der Waals surface area (Å²) < 4.78 is 0.912. The van der Waals surface area contributed by atoms with Crippen LogP contribution in [0.1, 0.15) is 30.1 Å². The number of phenolic OH excluding ortho intramolecular Hbond substituents is 1. The van der Waals surface area contributed by atoms with Gasteiger partial charge in [-0.25, -0.2) is 0 Å². The lowest BCUT2D eigenvalue weighted by atomic mass is 10.2. The monoisotopic (exact) mass is 319 g/mol. The number of carbonyl (C=O) groups is 1. The summed E-state index contributed by atoms with van der Waals surface area (Å²) in [6.07, 6.45) is 2.00. The number of aromatic hydroxyl groups is 1. The molecule has 0 saturated heterocycles. The van der Waals surface area contributed by atoms with Gasteiger partial charge in [-0.3, -0.25) is 4.79 Å². The van der Waals surface area contributed by atoms with E-state index in [1.165, 1.54) is 0 Å². The zero-order chi connectivity index (χ0) is 11.3. The van der Waals surface area contributed by atoms with Crippen LogP contribution in [0.5, 0.6) is 5.75 Å². The Bertz CT molecular complexity index is 352. The predicted molar refractivity (Wildman–Crippen MR) is 68.1 cm³/mol. The minimum atomic E-state index is -0.211. The molecule has 0 radical (unpaired) electrons. The molecule has 1 aromatic carbocycles. The normalized spacial score (nSPS) is 10.0. The van der Waals surface area contributed by atoms with Gasteiger partial charge in [0.05, 0.1) is 5.56 Å². The maximum Gasteiger partial charge on any atom is 0.255 e. The summed E-state index contributed by atoms with van der Waals surface area (Å²) in [7, 11) is 0. The van der Waals surface area contributed by atoms with Crippen LogP contribution in [0.4, 0.5) is 0 Å². The van der Waals surface area contributed by atoms with Crippen molar-refractivity contribution >= 4 is 28.5 Å². The molecule has 0 aliphatic carbocycles. The van der Waals surface area contributed by atoms with Crippen molar-refractivity contribution in [3.8, 4) is 5.75 Å². The fourth-order valence-electron chi connectivity index (χ4n) is 1.17. The molecule has 0 aliphatic heterocycles. The quantitative estimate of drug-likeness (QED) is 0.662. The number of hydrogen-bond acceptors (Lipinski definition) is 2. The fraction of sp³-hybridized carbons (Fsp3) is 0.364. The Morgan fingerprint density at radius 2 is 2.27 bits per heavy atom. The highest BCUT2D eigenvalue weighted by Gasteiger charge is 2.09. The molecule has 0 fully saturated rings. The Hall–Kier alpha value is -0.780. The Kier molecular flexibility index (Phi) is 4.87. The van der Waals surface area contributed by atoms with E-state index in [0.717, 1.165) is 16.4 Å². The minimum absolute atomic E-state index is 0.0379. The standard InChI is InChI=1S/C11H14INO2/c1-2-3-6-13-11(15)9-5-4-8(12)7-10(9)14/h4-5,7,14H,2-3,6H2,1H3,(H,13,15). The lowest BCUT2D eigenvalue weighted by molar-refractivity contribution is 0.0950. The number of carbonyl (C=O) groups excluding carboxylic acids is 1. The van der Waals surface area contributed by atoms with Crippen molar-refractivity contribution < 1.29 is 9.90 Å². The van der Waals surface area contributed by atoms with Crippen molar-refractivity contribution in [3.05, 3.63) is 27.3 Å². The second-order valence-corrected chi connectivity index (χ2v) is 4.52. The predicted octanol–water partition coefficient (Wildman–Crippen LogP) is 2.53. The smallest absolute Gasteiger partial charge is 0.255 e. The largest absolute Gasteiger partial charge is 0.507 e. The Balaban J connectivity index is 2.65. The zero-order valence-corrected chi connectivity index (χ0v) is 10.7. The topological polar surface area (TPSA) is 49.3 Å². The van der Waals surface area contributed by atoms with Gasteiger partial charge in [0.2, 0.25) is 0 Å². The molecule has 15 heavy (non-hydrogen) atoms. The minimum Gasteiger partial charge on any atom is -0.507 e. The van der Waals surface area contributed by atoms with Crippen molar-refractivity contribution in [3.63, 3.8) is 0 Å². The molecule has 0 saturated carbocycles. The van der Waals surface area contributed by atoms with E-state index in [1.807, 2.05) is 0 Å². The molecule has 0 aromatic heterocycles. The van der Waals surface area contributed by atoms with Gasteiger partial charge in [-0.15, -0.1) is 0 Å². The van der Waals surface area contributed by atoms with Gasteiger partial charge < -0.3 is 10.4 Å². The molecule has 0 aliphatic rings. The van der Waals surface area contributed by atoms with E-state index in [-0.39, 0.29) is 11.7 Å². The lowest BCUT2D eigenvalue weighted by Gasteiger charge is -2.06. The number of rotatable bonds is 4. The Morgan fingerprint density at radius 3 is 2.87 bits per heavy atom. The van der Waals surface area contributed by atoms with E-state index in [0.29, 0.717) is 12.1 Å². The average Bonchev–Trinajstić information content (AvgIpc) is 2.17. The highest BCUT2D eigenvalue weighted by molar-refractivity contribution is 14.1. The maximum atomic E-state index is 11.6. The molecule has 82 valence electrons. The Labute approximate surface area is 103 Å².